The van der Waals surface area contributed by atoms with Gasteiger partial charge >= 0.3 is 0 Å². The Morgan fingerprint density at radius 1 is 1.29 bits per heavy atom. The van der Waals surface area contributed by atoms with E-state index in [1.807, 2.05) is 13.1 Å². The number of benzene rings is 1. The summed E-state index contributed by atoms with van der Waals surface area (Å²) in [5.74, 6) is 0. The summed E-state index contributed by atoms with van der Waals surface area (Å²) in [6, 6.07) is 6.30. The molecule has 0 saturated heterocycles. The Balaban J connectivity index is 2.73. The van der Waals surface area contributed by atoms with E-state index < -0.39 is 0 Å². The number of fused-ring (bicyclic) bond motifs is 1. The summed E-state index contributed by atoms with van der Waals surface area (Å²) in [5.41, 5.74) is 5.62. The Bertz CT molecular complexity index is 549. The van der Waals surface area contributed by atoms with Crippen molar-refractivity contribution >= 4 is 16.6 Å². The standard InChI is InChI=1S/C14H18N2O/c1-9-5-6-12-13(15-3)7-11(8-17-4)16-14(12)10(9)2/h5-7H,8H2,1-4H3,(H,15,16). The zero-order valence-corrected chi connectivity index (χ0v) is 10.8. The molecule has 17 heavy (non-hydrogen) atoms. The van der Waals surface area contributed by atoms with Crippen LogP contribution in [0.25, 0.3) is 10.9 Å². The van der Waals surface area contributed by atoms with Crippen LogP contribution in [0.1, 0.15) is 16.8 Å². The first-order valence-electron chi connectivity index (χ1n) is 5.74. The van der Waals surface area contributed by atoms with Crippen LogP contribution in [0.5, 0.6) is 0 Å². The SMILES string of the molecule is CNc1cc(COC)nc2c(C)c(C)ccc12. The van der Waals surface area contributed by atoms with E-state index in [0.29, 0.717) is 6.61 Å². The van der Waals surface area contributed by atoms with Gasteiger partial charge in [0.15, 0.2) is 0 Å². The van der Waals surface area contributed by atoms with Crippen LogP contribution in [-0.4, -0.2) is 19.1 Å². The summed E-state index contributed by atoms with van der Waals surface area (Å²) in [5, 5.41) is 4.38. The molecule has 3 nitrogen and oxygen atoms in total. The lowest BCUT2D eigenvalue weighted by Gasteiger charge is -2.12. The van der Waals surface area contributed by atoms with Gasteiger partial charge in [-0.25, -0.2) is 4.98 Å². The minimum absolute atomic E-state index is 0.540. The van der Waals surface area contributed by atoms with Crippen LogP contribution in [0, 0.1) is 13.8 Å². The summed E-state index contributed by atoms with van der Waals surface area (Å²) in [7, 11) is 3.62. The first-order chi connectivity index (χ1) is 8.17. The number of ether oxygens (including phenoxy) is 1. The van der Waals surface area contributed by atoms with Crippen molar-refractivity contribution in [1.29, 1.82) is 0 Å². The zero-order chi connectivity index (χ0) is 12.4. The lowest BCUT2D eigenvalue weighted by atomic mass is 10.0. The molecule has 0 aliphatic heterocycles. The summed E-state index contributed by atoms with van der Waals surface area (Å²) in [6.07, 6.45) is 0. The van der Waals surface area contributed by atoms with Crippen molar-refractivity contribution in [2.75, 3.05) is 19.5 Å². The Labute approximate surface area is 102 Å². The quantitative estimate of drug-likeness (QED) is 0.880. The highest BCUT2D eigenvalue weighted by atomic mass is 16.5. The number of methoxy groups -OCH3 is 1. The molecular weight excluding hydrogens is 212 g/mol. The van der Waals surface area contributed by atoms with Crippen molar-refractivity contribution in [2.45, 2.75) is 20.5 Å². The van der Waals surface area contributed by atoms with Gasteiger partial charge in [-0.15, -0.1) is 0 Å². The second-order valence-electron chi connectivity index (χ2n) is 4.25. The second kappa shape index (κ2) is 4.72. The molecular formula is C14H18N2O. The average Bonchev–Trinajstić information content (AvgIpc) is 2.34. The second-order valence-corrected chi connectivity index (χ2v) is 4.25. The molecule has 0 unspecified atom stereocenters. The topological polar surface area (TPSA) is 34.1 Å². The third-order valence-corrected chi connectivity index (χ3v) is 3.12. The molecule has 90 valence electrons. The van der Waals surface area contributed by atoms with Gasteiger partial charge in [0.1, 0.15) is 0 Å². The molecule has 0 aliphatic rings. The number of anilines is 1. The van der Waals surface area contributed by atoms with E-state index in [2.05, 4.69) is 36.3 Å². The van der Waals surface area contributed by atoms with Gasteiger partial charge in [0.05, 0.1) is 17.8 Å². The van der Waals surface area contributed by atoms with E-state index >= 15 is 0 Å². The fourth-order valence-corrected chi connectivity index (χ4v) is 2.01. The number of nitrogens with one attached hydrogen (secondary N) is 1. The largest absolute Gasteiger partial charge is 0.388 e. The summed E-state index contributed by atoms with van der Waals surface area (Å²) in [4.78, 5) is 4.67. The fraction of sp³-hybridized carbons (Fsp3) is 0.357. The van der Waals surface area contributed by atoms with Gasteiger partial charge in [0.25, 0.3) is 0 Å². The molecule has 0 atom stereocenters. The number of nitrogens with zero attached hydrogens (tertiary/aromatic N) is 1. The Hall–Kier alpha value is -1.61. The first-order valence-corrected chi connectivity index (χ1v) is 5.74. The third kappa shape index (κ3) is 2.11. The van der Waals surface area contributed by atoms with Crippen LogP contribution in [0.15, 0.2) is 18.2 Å². The maximum atomic E-state index is 5.16. The van der Waals surface area contributed by atoms with Gasteiger partial charge in [-0.1, -0.05) is 12.1 Å². The average molecular weight is 230 g/mol. The van der Waals surface area contributed by atoms with E-state index in [1.54, 1.807) is 7.11 Å². The van der Waals surface area contributed by atoms with Crippen molar-refractivity contribution in [2.24, 2.45) is 0 Å². The number of aromatic nitrogens is 1. The minimum atomic E-state index is 0.540. The zero-order valence-electron chi connectivity index (χ0n) is 10.8. The number of hydrogen-bond donors (Lipinski definition) is 1. The van der Waals surface area contributed by atoms with Gasteiger partial charge in [0.2, 0.25) is 0 Å². The summed E-state index contributed by atoms with van der Waals surface area (Å²) >= 11 is 0. The highest BCUT2D eigenvalue weighted by Gasteiger charge is 2.08. The molecule has 3 heteroatoms. The molecule has 0 amide bonds. The number of hydrogen-bond acceptors (Lipinski definition) is 3. The summed E-state index contributed by atoms with van der Waals surface area (Å²) in [6.45, 7) is 4.76. The Kier molecular flexibility index (Phi) is 3.29. The number of aryl methyl sites for hydroxylation is 2. The van der Waals surface area contributed by atoms with Crippen LogP contribution < -0.4 is 5.32 Å². The molecule has 1 N–H and O–H groups in total. The maximum absolute atomic E-state index is 5.16. The highest BCUT2D eigenvalue weighted by molar-refractivity contribution is 5.93. The molecule has 0 bridgehead atoms. The molecule has 0 spiro atoms. The molecule has 1 heterocycles. The van der Waals surface area contributed by atoms with Crippen molar-refractivity contribution in [3.63, 3.8) is 0 Å². The predicted octanol–water partition coefficient (Wildman–Crippen LogP) is 3.04. The van der Waals surface area contributed by atoms with Crippen molar-refractivity contribution in [3.8, 4) is 0 Å². The van der Waals surface area contributed by atoms with Crippen LogP contribution in [0.4, 0.5) is 5.69 Å². The molecule has 0 fully saturated rings. The van der Waals surface area contributed by atoms with Crippen molar-refractivity contribution < 1.29 is 4.74 Å². The molecule has 1 aromatic carbocycles. The van der Waals surface area contributed by atoms with Gasteiger partial charge in [0, 0.05) is 25.2 Å². The van der Waals surface area contributed by atoms with Crippen LogP contribution in [0.2, 0.25) is 0 Å². The van der Waals surface area contributed by atoms with Crippen LogP contribution >= 0.6 is 0 Å². The summed E-state index contributed by atoms with van der Waals surface area (Å²) < 4.78 is 5.16. The Morgan fingerprint density at radius 3 is 2.71 bits per heavy atom. The molecule has 1 aromatic heterocycles. The van der Waals surface area contributed by atoms with Crippen molar-refractivity contribution in [1.82, 2.24) is 4.98 Å². The normalized spacial score (nSPS) is 10.8. The monoisotopic (exact) mass is 230 g/mol. The van der Waals surface area contributed by atoms with E-state index in [4.69, 9.17) is 4.74 Å². The predicted molar refractivity (Wildman–Crippen MR) is 71.5 cm³/mol. The lowest BCUT2D eigenvalue weighted by molar-refractivity contribution is 0.182. The first kappa shape index (κ1) is 11.9. The van der Waals surface area contributed by atoms with Gasteiger partial charge in [-0.3, -0.25) is 0 Å². The van der Waals surface area contributed by atoms with Gasteiger partial charge < -0.3 is 10.1 Å². The third-order valence-electron chi connectivity index (χ3n) is 3.12. The smallest absolute Gasteiger partial charge is 0.0885 e. The van der Waals surface area contributed by atoms with Crippen LogP contribution in [0.3, 0.4) is 0 Å². The van der Waals surface area contributed by atoms with E-state index in [0.717, 1.165) is 22.3 Å². The lowest BCUT2D eigenvalue weighted by Crippen LogP contribution is -1.99. The number of rotatable bonds is 3. The maximum Gasteiger partial charge on any atom is 0.0885 e. The van der Waals surface area contributed by atoms with E-state index in [-0.39, 0.29) is 0 Å². The molecule has 0 saturated carbocycles. The minimum Gasteiger partial charge on any atom is -0.388 e. The molecule has 0 aliphatic carbocycles. The molecule has 2 rings (SSSR count). The van der Waals surface area contributed by atoms with E-state index in [9.17, 15) is 0 Å². The van der Waals surface area contributed by atoms with Crippen LogP contribution in [-0.2, 0) is 11.3 Å². The van der Waals surface area contributed by atoms with Gasteiger partial charge in [-0.2, -0.15) is 0 Å². The van der Waals surface area contributed by atoms with Gasteiger partial charge in [-0.05, 0) is 31.0 Å². The molecule has 2 aromatic rings. The van der Waals surface area contributed by atoms with Crippen molar-refractivity contribution in [3.05, 3.63) is 35.0 Å². The van der Waals surface area contributed by atoms with E-state index in [1.165, 1.54) is 11.1 Å². The fourth-order valence-electron chi connectivity index (χ4n) is 2.01. The highest BCUT2D eigenvalue weighted by Crippen LogP contribution is 2.27. The number of pyridine rings is 1. The molecule has 0 radical (unpaired) electrons. The Morgan fingerprint density at radius 2 is 2.06 bits per heavy atom.